The minimum Gasteiger partial charge on any atom is -0.508 e. The van der Waals surface area contributed by atoms with Gasteiger partial charge >= 0.3 is 0 Å². The second kappa shape index (κ2) is 7.90. The van der Waals surface area contributed by atoms with Gasteiger partial charge in [-0.1, -0.05) is 42.5 Å². The number of nitrogens with zero attached hydrogens (tertiary/aromatic N) is 2. The molecule has 0 fully saturated rings. The topological polar surface area (TPSA) is 65.5 Å². The number of amides is 1. The van der Waals surface area contributed by atoms with Gasteiger partial charge in [-0.25, -0.2) is 4.98 Å². The molecule has 5 nitrogen and oxygen atoms in total. The number of carbonyl (C=O) groups excluding carboxylic acids is 1. The number of hydrogen-bond donors (Lipinski definition) is 2. The van der Waals surface area contributed by atoms with E-state index in [1.54, 1.807) is 35.6 Å². The second-order valence-electron chi connectivity index (χ2n) is 6.73. The lowest BCUT2D eigenvalue weighted by atomic mass is 10.1. The summed E-state index contributed by atoms with van der Waals surface area (Å²) in [6.07, 6.45) is 1.18. The van der Waals surface area contributed by atoms with E-state index in [0.29, 0.717) is 5.13 Å². The fourth-order valence-corrected chi connectivity index (χ4v) is 4.31. The lowest BCUT2D eigenvalue weighted by Crippen LogP contribution is -2.29. The zero-order valence-corrected chi connectivity index (χ0v) is 15.7. The van der Waals surface area contributed by atoms with Crippen LogP contribution in [0.4, 0.5) is 5.13 Å². The van der Waals surface area contributed by atoms with Crippen LogP contribution in [0.1, 0.15) is 21.7 Å². The van der Waals surface area contributed by atoms with Gasteiger partial charge in [0.1, 0.15) is 5.75 Å². The molecule has 0 unspecified atom stereocenters. The Bertz CT molecular complexity index is 922. The lowest BCUT2D eigenvalue weighted by Gasteiger charge is -2.25. The van der Waals surface area contributed by atoms with E-state index in [-0.39, 0.29) is 18.1 Å². The van der Waals surface area contributed by atoms with Gasteiger partial charge in [-0.2, -0.15) is 0 Å². The molecule has 0 bridgehead atoms. The zero-order chi connectivity index (χ0) is 18.6. The minimum absolute atomic E-state index is 0.0899. The Balaban J connectivity index is 1.36. The highest BCUT2D eigenvalue weighted by atomic mass is 32.1. The third-order valence-corrected chi connectivity index (χ3v) is 5.60. The number of rotatable bonds is 5. The predicted molar refractivity (Wildman–Crippen MR) is 107 cm³/mol. The van der Waals surface area contributed by atoms with Crippen LogP contribution in [0.3, 0.4) is 0 Å². The Morgan fingerprint density at radius 1 is 1.11 bits per heavy atom. The molecule has 0 aliphatic carbocycles. The summed E-state index contributed by atoms with van der Waals surface area (Å²) < 4.78 is 0. The molecule has 0 saturated heterocycles. The van der Waals surface area contributed by atoms with Crippen LogP contribution in [-0.4, -0.2) is 27.4 Å². The first kappa shape index (κ1) is 17.7. The van der Waals surface area contributed by atoms with E-state index in [0.717, 1.165) is 37.3 Å². The number of carbonyl (C=O) groups is 1. The highest BCUT2D eigenvalue weighted by Gasteiger charge is 2.21. The van der Waals surface area contributed by atoms with Gasteiger partial charge in [0.2, 0.25) is 5.91 Å². The SMILES string of the molecule is O=C(Cc1ccc(O)cc1)Nc1nc2c(s1)CN(Cc1ccccc1)CC2. The van der Waals surface area contributed by atoms with E-state index in [1.165, 1.54) is 10.4 Å². The molecule has 3 aromatic rings. The fraction of sp³-hybridized carbons (Fsp3) is 0.238. The van der Waals surface area contributed by atoms with Gasteiger partial charge in [-0.05, 0) is 23.3 Å². The van der Waals surface area contributed by atoms with Crippen LogP contribution < -0.4 is 5.32 Å². The van der Waals surface area contributed by atoms with Crippen LogP contribution in [0, 0.1) is 0 Å². The Morgan fingerprint density at radius 2 is 1.89 bits per heavy atom. The average molecular weight is 379 g/mol. The maximum Gasteiger partial charge on any atom is 0.230 e. The third kappa shape index (κ3) is 4.53. The van der Waals surface area contributed by atoms with E-state index in [1.807, 2.05) is 6.07 Å². The molecule has 0 saturated carbocycles. The summed E-state index contributed by atoms with van der Waals surface area (Å²) in [6.45, 7) is 2.78. The maximum atomic E-state index is 12.3. The van der Waals surface area contributed by atoms with Crippen LogP contribution >= 0.6 is 11.3 Å². The first-order chi connectivity index (χ1) is 13.2. The normalized spacial score (nSPS) is 13.9. The van der Waals surface area contributed by atoms with Crippen molar-refractivity contribution in [1.29, 1.82) is 0 Å². The van der Waals surface area contributed by atoms with Crippen molar-refractivity contribution in [2.24, 2.45) is 0 Å². The summed E-state index contributed by atoms with van der Waals surface area (Å²) >= 11 is 1.57. The van der Waals surface area contributed by atoms with Crippen molar-refractivity contribution in [1.82, 2.24) is 9.88 Å². The molecule has 4 rings (SSSR count). The number of nitrogens with one attached hydrogen (secondary N) is 1. The molecule has 6 heteroatoms. The number of aromatic nitrogens is 1. The highest BCUT2D eigenvalue weighted by Crippen LogP contribution is 2.29. The van der Waals surface area contributed by atoms with Gasteiger partial charge in [0.05, 0.1) is 12.1 Å². The van der Waals surface area contributed by atoms with Crippen LogP contribution in [0.25, 0.3) is 0 Å². The molecular formula is C21H21N3O2S. The zero-order valence-electron chi connectivity index (χ0n) is 14.9. The second-order valence-corrected chi connectivity index (χ2v) is 7.81. The average Bonchev–Trinajstić information content (AvgIpc) is 3.06. The van der Waals surface area contributed by atoms with E-state index in [9.17, 15) is 9.90 Å². The number of benzene rings is 2. The Kier molecular flexibility index (Phi) is 5.18. The Morgan fingerprint density at radius 3 is 2.67 bits per heavy atom. The van der Waals surface area contributed by atoms with Crippen molar-refractivity contribution in [2.45, 2.75) is 25.9 Å². The summed E-state index contributed by atoms with van der Waals surface area (Å²) in [5.74, 6) is 0.111. The van der Waals surface area contributed by atoms with Crippen LogP contribution in [-0.2, 0) is 30.7 Å². The van der Waals surface area contributed by atoms with E-state index < -0.39 is 0 Å². The van der Waals surface area contributed by atoms with Gasteiger partial charge in [-0.3, -0.25) is 9.69 Å². The fourth-order valence-electron chi connectivity index (χ4n) is 3.24. The minimum atomic E-state index is -0.0899. The standard InChI is InChI=1S/C21H21N3O2S/c25-17-8-6-15(7-9-17)12-20(26)23-21-22-18-10-11-24(14-19(18)27-21)13-16-4-2-1-3-5-16/h1-9,25H,10-14H2,(H,22,23,26). The van der Waals surface area contributed by atoms with Crippen molar-refractivity contribution in [2.75, 3.05) is 11.9 Å². The summed E-state index contributed by atoms with van der Waals surface area (Å²) in [7, 11) is 0. The number of hydrogen-bond acceptors (Lipinski definition) is 5. The molecule has 0 spiro atoms. The van der Waals surface area contributed by atoms with Crippen molar-refractivity contribution in [3.63, 3.8) is 0 Å². The maximum absolute atomic E-state index is 12.3. The third-order valence-electron chi connectivity index (χ3n) is 4.61. The molecule has 1 aromatic heterocycles. The molecule has 2 aromatic carbocycles. The van der Waals surface area contributed by atoms with Crippen LogP contribution in [0.15, 0.2) is 54.6 Å². The van der Waals surface area contributed by atoms with E-state index >= 15 is 0 Å². The molecule has 0 atom stereocenters. The van der Waals surface area contributed by atoms with Gasteiger partial charge < -0.3 is 10.4 Å². The van der Waals surface area contributed by atoms with Crippen molar-refractivity contribution in [3.8, 4) is 5.75 Å². The number of phenolic OH excluding ortho intramolecular Hbond substituents is 1. The van der Waals surface area contributed by atoms with Gasteiger partial charge in [0.25, 0.3) is 0 Å². The van der Waals surface area contributed by atoms with Gasteiger partial charge in [0.15, 0.2) is 5.13 Å². The molecule has 1 aliphatic heterocycles. The first-order valence-corrected chi connectivity index (χ1v) is 9.80. The molecule has 2 N–H and O–H groups in total. The largest absolute Gasteiger partial charge is 0.508 e. The lowest BCUT2D eigenvalue weighted by molar-refractivity contribution is -0.115. The molecule has 1 aliphatic rings. The molecule has 1 amide bonds. The quantitative estimate of drug-likeness (QED) is 0.711. The molecule has 0 radical (unpaired) electrons. The van der Waals surface area contributed by atoms with E-state index in [4.69, 9.17) is 0 Å². The van der Waals surface area contributed by atoms with Crippen molar-refractivity contribution < 1.29 is 9.90 Å². The number of thiazole rings is 1. The summed E-state index contributed by atoms with van der Waals surface area (Å²) in [5, 5.41) is 12.9. The van der Waals surface area contributed by atoms with E-state index in [2.05, 4.69) is 39.5 Å². The number of aromatic hydroxyl groups is 1. The number of phenols is 1. The number of anilines is 1. The number of fused-ring (bicyclic) bond motifs is 1. The van der Waals surface area contributed by atoms with Crippen molar-refractivity contribution >= 4 is 22.4 Å². The predicted octanol–water partition coefficient (Wildman–Crippen LogP) is 3.59. The highest BCUT2D eigenvalue weighted by molar-refractivity contribution is 7.15. The summed E-state index contributed by atoms with van der Waals surface area (Å²) in [6, 6.07) is 17.2. The van der Waals surface area contributed by atoms with Crippen molar-refractivity contribution in [3.05, 3.63) is 76.3 Å². The Hall–Kier alpha value is -2.70. The Labute approximate surface area is 162 Å². The van der Waals surface area contributed by atoms with Gasteiger partial charge in [0, 0.05) is 30.9 Å². The monoisotopic (exact) mass is 379 g/mol. The van der Waals surface area contributed by atoms with Crippen LogP contribution in [0.5, 0.6) is 5.75 Å². The molecule has 138 valence electrons. The molecule has 2 heterocycles. The summed E-state index contributed by atoms with van der Waals surface area (Å²) in [4.78, 5) is 20.5. The molecular weight excluding hydrogens is 358 g/mol. The first-order valence-electron chi connectivity index (χ1n) is 8.98. The van der Waals surface area contributed by atoms with Gasteiger partial charge in [-0.15, -0.1) is 11.3 Å². The molecule has 27 heavy (non-hydrogen) atoms. The smallest absolute Gasteiger partial charge is 0.230 e. The summed E-state index contributed by atoms with van der Waals surface area (Å²) in [5.41, 5.74) is 3.28. The van der Waals surface area contributed by atoms with Crippen LogP contribution in [0.2, 0.25) is 0 Å².